The normalized spacial score (nSPS) is 14.9. The second kappa shape index (κ2) is 13.6. The van der Waals surface area contributed by atoms with E-state index in [1.807, 2.05) is 0 Å². The van der Waals surface area contributed by atoms with E-state index in [1.54, 1.807) is 32.2 Å². The molecule has 1 fully saturated rings. The number of hydrogen-bond donors (Lipinski definition) is 1. The Hall–Kier alpha value is -5.30. The van der Waals surface area contributed by atoms with E-state index in [2.05, 4.69) is 10.3 Å². The van der Waals surface area contributed by atoms with Crippen LogP contribution < -0.4 is 24.4 Å². The highest BCUT2D eigenvalue weighted by Gasteiger charge is 2.43. The Morgan fingerprint density at radius 2 is 1.73 bits per heavy atom. The molecule has 0 saturated carbocycles. The Bertz CT molecular complexity index is 1740. The van der Waals surface area contributed by atoms with Crippen LogP contribution in [-0.4, -0.2) is 68.3 Å². The lowest BCUT2D eigenvalue weighted by molar-refractivity contribution is -0.132. The quantitative estimate of drug-likeness (QED) is 0.175. The van der Waals surface area contributed by atoms with Gasteiger partial charge in [0, 0.05) is 49.6 Å². The molecule has 13 heteroatoms. The van der Waals surface area contributed by atoms with Gasteiger partial charge in [-0.2, -0.15) is 0 Å². The molecule has 3 aromatic carbocycles. The number of ether oxygens (including phenoxy) is 4. The van der Waals surface area contributed by atoms with Gasteiger partial charge in [0.25, 0.3) is 0 Å². The minimum absolute atomic E-state index is 0.0741. The number of nitrogens with zero attached hydrogens (tertiary/aromatic N) is 3. The number of aromatic nitrogens is 1. The summed E-state index contributed by atoms with van der Waals surface area (Å²) >= 11 is 0. The zero-order valence-corrected chi connectivity index (χ0v) is 24.7. The van der Waals surface area contributed by atoms with Crippen LogP contribution >= 0.6 is 0 Å². The average molecular weight is 621 g/mol. The first kappa shape index (κ1) is 31.1. The molecule has 1 aromatic heterocycles. The summed E-state index contributed by atoms with van der Waals surface area (Å²) in [6.45, 7) is 2.46. The Labute approximate surface area is 257 Å². The topological polar surface area (TPSA) is 120 Å². The number of carbonyl (C=O) groups excluding carboxylic acids is 3. The molecule has 0 radical (unpaired) electrons. The van der Waals surface area contributed by atoms with Crippen LogP contribution in [-0.2, 0) is 14.3 Å². The third kappa shape index (κ3) is 6.63. The largest absolute Gasteiger partial charge is 0.493 e. The lowest BCUT2D eigenvalue weighted by Crippen LogP contribution is -2.59. The smallest absolute Gasteiger partial charge is 0.331 e. The van der Waals surface area contributed by atoms with Crippen molar-refractivity contribution < 1.29 is 42.1 Å². The minimum atomic E-state index is -1.28. The Morgan fingerprint density at radius 3 is 2.42 bits per heavy atom. The van der Waals surface area contributed by atoms with E-state index in [0.717, 1.165) is 23.1 Å². The van der Waals surface area contributed by atoms with Crippen LogP contribution in [0.25, 0.3) is 10.9 Å². The molecule has 1 atom stereocenters. The molecule has 1 aliphatic heterocycles. The SMILES string of the molecule is CCN1CC(C(=O)Nc2ccc(Oc3ccnc4cc(OCCOC)c(OC)cc34)c(F)c2)C(=O)N(c2ccc(F)cc2)C1=O. The van der Waals surface area contributed by atoms with Crippen molar-refractivity contribution >= 4 is 40.1 Å². The van der Waals surface area contributed by atoms with Crippen LogP contribution in [0.1, 0.15) is 6.92 Å². The van der Waals surface area contributed by atoms with E-state index >= 15 is 4.39 Å². The standard InChI is InChI=1S/C32H30F2N4O7/c1-4-37-18-23(31(40)38(32(37)41)21-8-5-19(33)6-9-21)30(39)36-20-7-10-27(24(34)15-20)45-26-11-12-35-25-17-29(44-14-13-42-2)28(43-3)16-22(25)26/h5-12,15-17,23H,4,13-14,18H2,1-3H3,(H,36,39). The molecule has 0 bridgehead atoms. The number of benzene rings is 3. The number of pyridine rings is 1. The van der Waals surface area contributed by atoms with E-state index in [1.165, 1.54) is 42.5 Å². The molecular formula is C32H30F2N4O7. The highest BCUT2D eigenvalue weighted by atomic mass is 19.1. The van der Waals surface area contributed by atoms with Gasteiger partial charge in [-0.1, -0.05) is 0 Å². The Kier molecular flexibility index (Phi) is 9.38. The number of carbonyl (C=O) groups is 3. The molecule has 2 heterocycles. The van der Waals surface area contributed by atoms with E-state index < -0.39 is 35.4 Å². The fourth-order valence-corrected chi connectivity index (χ4v) is 4.79. The molecule has 4 aromatic rings. The van der Waals surface area contributed by atoms with Crippen molar-refractivity contribution in [1.29, 1.82) is 0 Å². The van der Waals surface area contributed by atoms with Crippen molar-refractivity contribution in [2.45, 2.75) is 6.92 Å². The summed E-state index contributed by atoms with van der Waals surface area (Å²) in [5, 5.41) is 3.10. The van der Waals surface area contributed by atoms with E-state index in [9.17, 15) is 18.8 Å². The molecule has 234 valence electrons. The highest BCUT2D eigenvalue weighted by Crippen LogP contribution is 2.38. The van der Waals surface area contributed by atoms with Gasteiger partial charge in [0.05, 0.1) is 24.9 Å². The molecular weight excluding hydrogens is 590 g/mol. The first-order valence-electron chi connectivity index (χ1n) is 14.0. The van der Waals surface area contributed by atoms with Crippen LogP contribution in [0.3, 0.4) is 0 Å². The predicted molar refractivity (Wildman–Crippen MR) is 161 cm³/mol. The molecule has 0 aliphatic carbocycles. The molecule has 1 unspecified atom stereocenters. The summed E-state index contributed by atoms with van der Waals surface area (Å²) in [5.74, 6) is -3.06. The van der Waals surface area contributed by atoms with Crippen molar-refractivity contribution in [2.24, 2.45) is 5.92 Å². The Morgan fingerprint density at radius 1 is 0.956 bits per heavy atom. The number of halogens is 2. The first-order valence-corrected chi connectivity index (χ1v) is 14.0. The number of fused-ring (bicyclic) bond motifs is 1. The highest BCUT2D eigenvalue weighted by molar-refractivity contribution is 6.23. The zero-order valence-electron chi connectivity index (χ0n) is 24.7. The molecule has 1 saturated heterocycles. The summed E-state index contributed by atoms with van der Waals surface area (Å²) < 4.78 is 50.8. The first-order chi connectivity index (χ1) is 21.7. The van der Waals surface area contributed by atoms with Crippen molar-refractivity contribution in [1.82, 2.24) is 9.88 Å². The molecule has 4 amide bonds. The molecule has 1 N–H and O–H groups in total. The van der Waals surface area contributed by atoms with Gasteiger partial charge in [-0.15, -0.1) is 0 Å². The van der Waals surface area contributed by atoms with Gasteiger partial charge in [0.1, 0.15) is 24.1 Å². The van der Waals surface area contributed by atoms with Crippen molar-refractivity contribution in [2.75, 3.05) is 50.7 Å². The number of imide groups is 1. The number of amides is 4. The number of urea groups is 1. The maximum atomic E-state index is 15.3. The van der Waals surface area contributed by atoms with Gasteiger partial charge < -0.3 is 29.2 Å². The van der Waals surface area contributed by atoms with Crippen LogP contribution in [0.2, 0.25) is 0 Å². The summed E-state index contributed by atoms with van der Waals surface area (Å²) in [6, 6.07) is 12.9. The lowest BCUT2D eigenvalue weighted by atomic mass is 10.0. The van der Waals surface area contributed by atoms with E-state index in [4.69, 9.17) is 18.9 Å². The lowest BCUT2D eigenvalue weighted by Gasteiger charge is -2.37. The number of anilines is 2. The average Bonchev–Trinajstić information content (AvgIpc) is 3.03. The summed E-state index contributed by atoms with van der Waals surface area (Å²) in [7, 11) is 3.06. The fourth-order valence-electron chi connectivity index (χ4n) is 4.79. The molecule has 11 nitrogen and oxygen atoms in total. The van der Waals surface area contributed by atoms with E-state index in [-0.39, 0.29) is 30.2 Å². The monoisotopic (exact) mass is 620 g/mol. The number of hydrogen-bond acceptors (Lipinski definition) is 8. The predicted octanol–water partition coefficient (Wildman–Crippen LogP) is 5.38. The third-order valence-electron chi connectivity index (χ3n) is 7.12. The fraction of sp³-hybridized carbons (Fsp3) is 0.250. The van der Waals surface area contributed by atoms with Crippen LogP contribution in [0.5, 0.6) is 23.0 Å². The van der Waals surface area contributed by atoms with Gasteiger partial charge in [-0.3, -0.25) is 14.6 Å². The third-order valence-corrected chi connectivity index (χ3v) is 7.12. The number of methoxy groups -OCH3 is 2. The molecule has 0 spiro atoms. The van der Waals surface area contributed by atoms with Crippen LogP contribution in [0.4, 0.5) is 25.0 Å². The van der Waals surface area contributed by atoms with Gasteiger partial charge >= 0.3 is 6.03 Å². The van der Waals surface area contributed by atoms with Gasteiger partial charge in [-0.25, -0.2) is 18.5 Å². The minimum Gasteiger partial charge on any atom is -0.493 e. The molecule has 45 heavy (non-hydrogen) atoms. The molecule has 5 rings (SSSR count). The van der Waals surface area contributed by atoms with Crippen LogP contribution in [0, 0.1) is 17.6 Å². The second-order valence-electron chi connectivity index (χ2n) is 9.93. The van der Waals surface area contributed by atoms with Crippen molar-refractivity contribution in [3.05, 3.63) is 78.5 Å². The van der Waals surface area contributed by atoms with Gasteiger partial charge in [0.2, 0.25) is 11.8 Å². The number of rotatable bonds is 11. The van der Waals surface area contributed by atoms with Crippen LogP contribution in [0.15, 0.2) is 66.9 Å². The van der Waals surface area contributed by atoms with Crippen molar-refractivity contribution in [3.8, 4) is 23.0 Å². The Balaban J connectivity index is 1.34. The maximum Gasteiger partial charge on any atom is 0.331 e. The number of nitrogens with one attached hydrogen (secondary N) is 1. The van der Waals surface area contributed by atoms with Crippen molar-refractivity contribution in [3.63, 3.8) is 0 Å². The summed E-state index contributed by atoms with van der Waals surface area (Å²) in [5.41, 5.74) is 0.729. The van der Waals surface area contributed by atoms with Gasteiger partial charge in [-0.05, 0) is 55.5 Å². The zero-order chi connectivity index (χ0) is 32.1. The second-order valence-corrected chi connectivity index (χ2v) is 9.93. The molecule has 1 aliphatic rings. The maximum absolute atomic E-state index is 15.3. The van der Waals surface area contributed by atoms with Gasteiger partial charge in [0.15, 0.2) is 23.1 Å². The van der Waals surface area contributed by atoms with E-state index in [0.29, 0.717) is 41.4 Å². The summed E-state index contributed by atoms with van der Waals surface area (Å²) in [4.78, 5) is 46.0. The summed E-state index contributed by atoms with van der Waals surface area (Å²) in [6.07, 6.45) is 1.51.